The number of aliphatic hydroxyl groups is 1. The molecule has 1 aromatic carbocycles. The molecular formula is C11H10O3. The highest BCUT2D eigenvalue weighted by Gasteiger charge is 2.06. The van der Waals surface area contributed by atoms with Crippen LogP contribution in [0.3, 0.4) is 0 Å². The number of furan rings is 1. The van der Waals surface area contributed by atoms with Crippen LogP contribution in [-0.4, -0.2) is 5.11 Å². The van der Waals surface area contributed by atoms with Crippen LogP contribution in [0.5, 0.6) is 11.5 Å². The third-order valence-electron chi connectivity index (χ3n) is 1.82. The van der Waals surface area contributed by atoms with Crippen molar-refractivity contribution >= 4 is 0 Å². The molecule has 2 rings (SSSR count). The largest absolute Gasteiger partial charge is 0.463 e. The number of benzene rings is 1. The van der Waals surface area contributed by atoms with Crippen LogP contribution in [0, 0.1) is 0 Å². The molecule has 1 aromatic heterocycles. The van der Waals surface area contributed by atoms with Gasteiger partial charge in [-0.15, -0.1) is 0 Å². The number of hydrogen-bond donors (Lipinski definition) is 1. The Hall–Kier alpha value is -1.74. The third-order valence-corrected chi connectivity index (χ3v) is 1.82. The van der Waals surface area contributed by atoms with Crippen molar-refractivity contribution < 1.29 is 14.3 Å². The minimum atomic E-state index is -0.158. The Kier molecular flexibility index (Phi) is 2.51. The molecule has 0 aliphatic heterocycles. The maximum Gasteiger partial charge on any atom is 0.171 e. The van der Waals surface area contributed by atoms with Gasteiger partial charge in [-0.05, 0) is 12.1 Å². The Morgan fingerprint density at radius 1 is 1.14 bits per heavy atom. The Labute approximate surface area is 81.6 Å². The maximum atomic E-state index is 8.91. The predicted octanol–water partition coefficient (Wildman–Crippen LogP) is 2.56. The molecule has 0 aliphatic carbocycles. The van der Waals surface area contributed by atoms with Crippen molar-refractivity contribution in [3.05, 3.63) is 48.4 Å². The zero-order chi connectivity index (χ0) is 9.80. The molecule has 0 spiro atoms. The molecule has 1 N–H and O–H groups in total. The van der Waals surface area contributed by atoms with Crippen LogP contribution in [-0.2, 0) is 6.61 Å². The van der Waals surface area contributed by atoms with Gasteiger partial charge in [0.2, 0.25) is 0 Å². The summed E-state index contributed by atoms with van der Waals surface area (Å²) >= 11 is 0. The zero-order valence-corrected chi connectivity index (χ0v) is 7.51. The molecule has 72 valence electrons. The molecule has 0 bridgehead atoms. The van der Waals surface area contributed by atoms with Gasteiger partial charge in [-0.2, -0.15) is 0 Å². The van der Waals surface area contributed by atoms with Crippen LogP contribution >= 0.6 is 0 Å². The van der Waals surface area contributed by atoms with Crippen LogP contribution in [0.2, 0.25) is 0 Å². The van der Waals surface area contributed by atoms with Crippen LogP contribution in [0.15, 0.2) is 47.1 Å². The van der Waals surface area contributed by atoms with Gasteiger partial charge in [0.05, 0.1) is 6.26 Å². The SMILES string of the molecule is OCc1occc1Oc1ccccc1. The Balaban J connectivity index is 2.19. The number of ether oxygens (including phenoxy) is 1. The molecule has 0 radical (unpaired) electrons. The first-order valence-electron chi connectivity index (χ1n) is 4.30. The fourth-order valence-corrected chi connectivity index (χ4v) is 1.15. The van der Waals surface area contributed by atoms with E-state index in [0.717, 1.165) is 5.75 Å². The van der Waals surface area contributed by atoms with Gasteiger partial charge in [0.25, 0.3) is 0 Å². The smallest absolute Gasteiger partial charge is 0.171 e. The van der Waals surface area contributed by atoms with Crippen molar-refractivity contribution in [1.29, 1.82) is 0 Å². The zero-order valence-electron chi connectivity index (χ0n) is 7.51. The van der Waals surface area contributed by atoms with Crippen molar-refractivity contribution in [2.45, 2.75) is 6.61 Å². The molecule has 0 saturated heterocycles. The summed E-state index contributed by atoms with van der Waals surface area (Å²) in [5, 5.41) is 8.91. The summed E-state index contributed by atoms with van der Waals surface area (Å²) < 4.78 is 10.5. The second-order valence-corrected chi connectivity index (χ2v) is 2.78. The second-order valence-electron chi connectivity index (χ2n) is 2.78. The summed E-state index contributed by atoms with van der Waals surface area (Å²) in [6, 6.07) is 11.0. The molecule has 2 aromatic rings. The fourth-order valence-electron chi connectivity index (χ4n) is 1.15. The highest BCUT2D eigenvalue weighted by Crippen LogP contribution is 2.25. The van der Waals surface area contributed by atoms with Crippen LogP contribution in [0.1, 0.15) is 5.76 Å². The number of hydrogen-bond acceptors (Lipinski definition) is 3. The van der Waals surface area contributed by atoms with Crippen LogP contribution < -0.4 is 4.74 Å². The molecule has 0 unspecified atom stereocenters. The van der Waals surface area contributed by atoms with E-state index in [4.69, 9.17) is 14.3 Å². The quantitative estimate of drug-likeness (QED) is 0.808. The van der Waals surface area contributed by atoms with Crippen molar-refractivity contribution in [3.8, 4) is 11.5 Å². The van der Waals surface area contributed by atoms with Crippen LogP contribution in [0.25, 0.3) is 0 Å². The van der Waals surface area contributed by atoms with E-state index in [1.165, 1.54) is 6.26 Å². The summed E-state index contributed by atoms with van der Waals surface area (Å²) in [5.74, 6) is 1.72. The summed E-state index contributed by atoms with van der Waals surface area (Å²) in [5.41, 5.74) is 0. The van der Waals surface area contributed by atoms with E-state index in [1.54, 1.807) is 6.07 Å². The number of aliphatic hydroxyl groups excluding tert-OH is 1. The van der Waals surface area contributed by atoms with E-state index in [2.05, 4.69) is 0 Å². The van der Waals surface area contributed by atoms with Crippen molar-refractivity contribution in [2.75, 3.05) is 0 Å². The molecule has 3 nitrogen and oxygen atoms in total. The van der Waals surface area contributed by atoms with Crippen molar-refractivity contribution in [2.24, 2.45) is 0 Å². The molecule has 1 heterocycles. The molecule has 14 heavy (non-hydrogen) atoms. The molecule has 0 atom stereocenters. The second kappa shape index (κ2) is 3.98. The van der Waals surface area contributed by atoms with E-state index < -0.39 is 0 Å². The summed E-state index contributed by atoms with van der Waals surface area (Å²) in [7, 11) is 0. The first kappa shape index (κ1) is 8.84. The third kappa shape index (κ3) is 1.78. The average Bonchev–Trinajstić information content (AvgIpc) is 2.67. The molecule has 0 amide bonds. The number of para-hydroxylation sites is 1. The Morgan fingerprint density at radius 3 is 2.64 bits per heavy atom. The minimum Gasteiger partial charge on any atom is -0.463 e. The van der Waals surface area contributed by atoms with Crippen molar-refractivity contribution in [3.63, 3.8) is 0 Å². The van der Waals surface area contributed by atoms with Crippen molar-refractivity contribution in [1.82, 2.24) is 0 Å². The maximum absolute atomic E-state index is 8.91. The highest BCUT2D eigenvalue weighted by molar-refractivity contribution is 5.32. The van der Waals surface area contributed by atoms with Crippen LogP contribution in [0.4, 0.5) is 0 Å². The minimum absolute atomic E-state index is 0.158. The fraction of sp³-hybridized carbons (Fsp3) is 0.0909. The van der Waals surface area contributed by atoms with E-state index in [0.29, 0.717) is 11.5 Å². The van der Waals surface area contributed by atoms with E-state index in [1.807, 2.05) is 30.3 Å². The predicted molar refractivity (Wildman–Crippen MR) is 51.1 cm³/mol. The first-order chi connectivity index (χ1) is 6.90. The standard InChI is InChI=1S/C11H10O3/c12-8-11-10(6-7-13-11)14-9-4-2-1-3-5-9/h1-7,12H,8H2. The normalized spacial score (nSPS) is 10.1. The molecule has 0 aliphatic rings. The monoisotopic (exact) mass is 190 g/mol. The topological polar surface area (TPSA) is 42.6 Å². The number of rotatable bonds is 3. The Bertz CT molecular complexity index is 392. The van der Waals surface area contributed by atoms with Gasteiger partial charge >= 0.3 is 0 Å². The lowest BCUT2D eigenvalue weighted by Gasteiger charge is -2.03. The lowest BCUT2D eigenvalue weighted by molar-refractivity contribution is 0.240. The Morgan fingerprint density at radius 2 is 1.93 bits per heavy atom. The van der Waals surface area contributed by atoms with Gasteiger partial charge in [-0.25, -0.2) is 0 Å². The summed E-state index contributed by atoms with van der Waals surface area (Å²) in [6.07, 6.45) is 1.49. The van der Waals surface area contributed by atoms with E-state index >= 15 is 0 Å². The van der Waals surface area contributed by atoms with Gasteiger partial charge in [-0.1, -0.05) is 18.2 Å². The summed E-state index contributed by atoms with van der Waals surface area (Å²) in [6.45, 7) is -0.158. The van der Waals surface area contributed by atoms with Gasteiger partial charge in [0.1, 0.15) is 12.4 Å². The lowest BCUT2D eigenvalue weighted by Crippen LogP contribution is -1.86. The first-order valence-corrected chi connectivity index (χ1v) is 4.30. The molecule has 0 fully saturated rings. The average molecular weight is 190 g/mol. The summed E-state index contributed by atoms with van der Waals surface area (Å²) in [4.78, 5) is 0. The van der Waals surface area contributed by atoms with E-state index in [9.17, 15) is 0 Å². The van der Waals surface area contributed by atoms with Gasteiger partial charge in [0, 0.05) is 6.07 Å². The molecule has 0 saturated carbocycles. The molecular weight excluding hydrogens is 180 g/mol. The lowest BCUT2D eigenvalue weighted by atomic mass is 10.3. The van der Waals surface area contributed by atoms with Gasteiger partial charge < -0.3 is 14.3 Å². The van der Waals surface area contributed by atoms with Gasteiger partial charge in [-0.3, -0.25) is 0 Å². The van der Waals surface area contributed by atoms with Gasteiger partial charge in [0.15, 0.2) is 11.5 Å². The molecule has 3 heteroatoms. The highest BCUT2D eigenvalue weighted by atomic mass is 16.5. The van der Waals surface area contributed by atoms with E-state index in [-0.39, 0.29) is 6.61 Å².